The zero-order valence-electron chi connectivity index (χ0n) is 18.0. The van der Waals surface area contributed by atoms with Crippen LogP contribution in [0, 0.1) is 6.92 Å². The fraction of sp³-hybridized carbons (Fsp3) is 0.440. The zero-order chi connectivity index (χ0) is 20.9. The molecule has 3 heterocycles. The number of aryl methyl sites for hydroxylation is 1. The maximum atomic E-state index is 13.1. The van der Waals surface area contributed by atoms with Crippen molar-refractivity contribution in [3.8, 4) is 5.75 Å². The fourth-order valence-corrected chi connectivity index (χ4v) is 4.38. The number of likely N-dealkylation sites (tertiary alicyclic amines) is 1. The lowest BCUT2D eigenvalue weighted by atomic mass is 9.93. The first-order valence-electron chi connectivity index (χ1n) is 11.0. The Morgan fingerprint density at radius 2 is 1.87 bits per heavy atom. The number of hydrogen-bond donors (Lipinski definition) is 0. The number of aromatic nitrogens is 1. The summed E-state index contributed by atoms with van der Waals surface area (Å²) in [5.74, 6) is 1.27. The van der Waals surface area contributed by atoms with Crippen LogP contribution in [0.1, 0.15) is 60.1 Å². The molecule has 158 valence electrons. The summed E-state index contributed by atoms with van der Waals surface area (Å²) in [6.45, 7) is 8.01. The zero-order valence-corrected chi connectivity index (χ0v) is 18.0. The van der Waals surface area contributed by atoms with E-state index in [2.05, 4.69) is 22.0 Å². The highest BCUT2D eigenvalue weighted by atomic mass is 16.5. The molecule has 30 heavy (non-hydrogen) atoms. The number of piperidine rings is 1. The molecule has 2 aliphatic rings. The molecule has 0 aliphatic carbocycles. The monoisotopic (exact) mass is 405 g/mol. The minimum Gasteiger partial charge on any atom is -0.462 e. The van der Waals surface area contributed by atoms with Crippen LogP contribution in [0.15, 0.2) is 54.6 Å². The third-order valence-electron chi connectivity index (χ3n) is 6.19. The SMILES string of the molecule is CC1=COc2ccc(C)cc2C(=O)N1CCCCN1CCC(c2ccccn2)CC1. The van der Waals surface area contributed by atoms with E-state index in [1.165, 1.54) is 18.5 Å². The predicted molar refractivity (Wildman–Crippen MR) is 118 cm³/mol. The van der Waals surface area contributed by atoms with Crippen LogP contribution < -0.4 is 4.74 Å². The average Bonchev–Trinajstić information content (AvgIpc) is 2.89. The third-order valence-corrected chi connectivity index (χ3v) is 6.19. The van der Waals surface area contributed by atoms with Crippen LogP contribution in [0.25, 0.3) is 0 Å². The van der Waals surface area contributed by atoms with Crippen LogP contribution in [-0.2, 0) is 0 Å². The molecule has 4 rings (SSSR count). The number of nitrogens with zero attached hydrogens (tertiary/aromatic N) is 3. The Hall–Kier alpha value is -2.66. The maximum absolute atomic E-state index is 13.1. The topological polar surface area (TPSA) is 45.7 Å². The molecule has 0 bridgehead atoms. The van der Waals surface area contributed by atoms with Gasteiger partial charge in [0, 0.05) is 24.4 Å². The van der Waals surface area contributed by atoms with Crippen LogP contribution >= 0.6 is 0 Å². The molecule has 5 nitrogen and oxygen atoms in total. The lowest BCUT2D eigenvalue weighted by Crippen LogP contribution is -2.34. The highest BCUT2D eigenvalue weighted by Crippen LogP contribution is 2.28. The number of allylic oxidation sites excluding steroid dienone is 1. The first-order valence-corrected chi connectivity index (χ1v) is 11.0. The molecule has 0 spiro atoms. The van der Waals surface area contributed by atoms with Crippen molar-refractivity contribution >= 4 is 5.91 Å². The molecular formula is C25H31N3O2. The number of hydrogen-bond acceptors (Lipinski definition) is 4. The molecule has 1 saturated heterocycles. The lowest BCUT2D eigenvalue weighted by molar-refractivity contribution is 0.0803. The van der Waals surface area contributed by atoms with Crippen LogP contribution in [0.4, 0.5) is 0 Å². The Bertz CT molecular complexity index is 902. The van der Waals surface area contributed by atoms with Crippen molar-refractivity contribution in [1.82, 2.24) is 14.8 Å². The van der Waals surface area contributed by atoms with Gasteiger partial charge in [0.1, 0.15) is 12.0 Å². The Morgan fingerprint density at radius 3 is 2.63 bits per heavy atom. The van der Waals surface area contributed by atoms with Crippen LogP contribution in [-0.4, -0.2) is 46.9 Å². The quantitative estimate of drug-likeness (QED) is 0.651. The minimum atomic E-state index is 0.0381. The van der Waals surface area contributed by atoms with E-state index in [-0.39, 0.29) is 5.91 Å². The Balaban J connectivity index is 1.25. The van der Waals surface area contributed by atoms with E-state index >= 15 is 0 Å². The molecular weight excluding hydrogens is 374 g/mol. The molecule has 0 saturated carbocycles. The lowest BCUT2D eigenvalue weighted by Gasteiger charge is -2.31. The van der Waals surface area contributed by atoms with Gasteiger partial charge in [-0.25, -0.2) is 0 Å². The fourth-order valence-electron chi connectivity index (χ4n) is 4.38. The maximum Gasteiger partial charge on any atom is 0.261 e. The van der Waals surface area contributed by atoms with Crippen molar-refractivity contribution < 1.29 is 9.53 Å². The van der Waals surface area contributed by atoms with Crippen LogP contribution in [0.5, 0.6) is 5.75 Å². The van der Waals surface area contributed by atoms with Gasteiger partial charge < -0.3 is 14.5 Å². The van der Waals surface area contributed by atoms with Crippen molar-refractivity contribution in [2.24, 2.45) is 0 Å². The highest BCUT2D eigenvalue weighted by molar-refractivity contribution is 5.98. The predicted octanol–water partition coefficient (Wildman–Crippen LogP) is 4.75. The number of benzene rings is 1. The molecule has 1 aromatic carbocycles. The summed E-state index contributed by atoms with van der Waals surface area (Å²) in [5.41, 5.74) is 3.82. The molecule has 2 aliphatic heterocycles. The summed E-state index contributed by atoms with van der Waals surface area (Å²) in [4.78, 5) is 22.0. The van der Waals surface area contributed by atoms with Gasteiger partial charge >= 0.3 is 0 Å². The summed E-state index contributed by atoms with van der Waals surface area (Å²) in [6, 6.07) is 12.0. The summed E-state index contributed by atoms with van der Waals surface area (Å²) < 4.78 is 5.73. The molecule has 2 aromatic rings. The van der Waals surface area contributed by atoms with E-state index < -0.39 is 0 Å². The Morgan fingerprint density at radius 1 is 1.07 bits per heavy atom. The van der Waals surface area contributed by atoms with Gasteiger partial charge in [-0.2, -0.15) is 0 Å². The van der Waals surface area contributed by atoms with Crippen molar-refractivity contribution in [3.05, 3.63) is 71.4 Å². The van der Waals surface area contributed by atoms with Gasteiger partial charge in [0.2, 0.25) is 0 Å². The van der Waals surface area contributed by atoms with Gasteiger partial charge in [0.05, 0.1) is 11.3 Å². The number of unbranched alkanes of at least 4 members (excludes halogenated alkanes) is 1. The number of ether oxygens (including phenoxy) is 1. The summed E-state index contributed by atoms with van der Waals surface area (Å²) in [6.07, 6.45) is 8.02. The van der Waals surface area contributed by atoms with E-state index in [4.69, 9.17) is 4.74 Å². The molecule has 5 heteroatoms. The van der Waals surface area contributed by atoms with E-state index in [1.807, 2.05) is 49.2 Å². The second-order valence-electron chi connectivity index (χ2n) is 8.41. The molecule has 0 radical (unpaired) electrons. The molecule has 1 aromatic heterocycles. The molecule has 0 N–H and O–H groups in total. The number of fused-ring (bicyclic) bond motifs is 1. The first kappa shape index (κ1) is 20.6. The number of carbonyl (C=O) groups excluding carboxylic acids is 1. The molecule has 0 unspecified atom stereocenters. The second-order valence-corrected chi connectivity index (χ2v) is 8.41. The average molecular weight is 406 g/mol. The van der Waals surface area contributed by atoms with E-state index in [0.717, 1.165) is 50.3 Å². The van der Waals surface area contributed by atoms with Gasteiger partial charge in [-0.3, -0.25) is 9.78 Å². The van der Waals surface area contributed by atoms with Crippen molar-refractivity contribution in [3.63, 3.8) is 0 Å². The number of rotatable bonds is 6. The second kappa shape index (κ2) is 9.43. The van der Waals surface area contributed by atoms with E-state index in [0.29, 0.717) is 17.2 Å². The van der Waals surface area contributed by atoms with Gasteiger partial charge in [-0.1, -0.05) is 17.7 Å². The highest BCUT2D eigenvalue weighted by Gasteiger charge is 2.25. The van der Waals surface area contributed by atoms with E-state index in [1.54, 1.807) is 6.26 Å². The van der Waals surface area contributed by atoms with Crippen molar-refractivity contribution in [2.75, 3.05) is 26.2 Å². The van der Waals surface area contributed by atoms with Gasteiger partial charge in [0.15, 0.2) is 0 Å². The third kappa shape index (κ3) is 4.73. The smallest absolute Gasteiger partial charge is 0.261 e. The van der Waals surface area contributed by atoms with Crippen LogP contribution in [0.3, 0.4) is 0 Å². The Kier molecular flexibility index (Phi) is 6.48. The van der Waals surface area contributed by atoms with Crippen LogP contribution in [0.2, 0.25) is 0 Å². The van der Waals surface area contributed by atoms with Gasteiger partial charge in [0.25, 0.3) is 5.91 Å². The molecule has 1 fully saturated rings. The summed E-state index contributed by atoms with van der Waals surface area (Å²) >= 11 is 0. The standard InChI is InChI=1S/C25H31N3O2/c1-19-8-9-24-22(17-19)25(29)28(20(2)18-30-24)14-6-5-13-27-15-10-21(11-16-27)23-7-3-4-12-26-23/h3-4,7-9,12,17-18,21H,5-6,10-11,13-16H2,1-2H3. The van der Waals surface area contributed by atoms with Gasteiger partial charge in [-0.05, 0) is 83.4 Å². The minimum absolute atomic E-state index is 0.0381. The van der Waals surface area contributed by atoms with Crippen molar-refractivity contribution in [2.45, 2.75) is 45.4 Å². The first-order chi connectivity index (χ1) is 14.6. The molecule has 0 atom stereocenters. The summed E-state index contributed by atoms with van der Waals surface area (Å²) in [5, 5.41) is 0. The Labute approximate surface area is 179 Å². The normalized spacial score (nSPS) is 17.9. The number of pyridine rings is 1. The van der Waals surface area contributed by atoms with Crippen molar-refractivity contribution in [1.29, 1.82) is 0 Å². The largest absolute Gasteiger partial charge is 0.462 e. The summed E-state index contributed by atoms with van der Waals surface area (Å²) in [7, 11) is 0. The number of carbonyl (C=O) groups is 1. The van der Waals surface area contributed by atoms with E-state index in [9.17, 15) is 4.79 Å². The molecule has 1 amide bonds. The van der Waals surface area contributed by atoms with Gasteiger partial charge in [-0.15, -0.1) is 0 Å². The number of amides is 1.